The fourth-order valence-electron chi connectivity index (χ4n) is 2.91. The van der Waals surface area contributed by atoms with Crippen molar-refractivity contribution in [2.75, 3.05) is 0 Å². The minimum atomic E-state index is 1.17. The SMILES string of the molecule is C=Cc1cccc2[nH]c3ccc4ccccc4c3c12. The molecule has 90 valence electrons. The Bertz CT molecular complexity index is 928. The van der Waals surface area contributed by atoms with Crippen molar-refractivity contribution in [3.05, 3.63) is 66.7 Å². The fraction of sp³-hybridized carbons (Fsp3) is 0. The van der Waals surface area contributed by atoms with Gasteiger partial charge in [0.2, 0.25) is 0 Å². The van der Waals surface area contributed by atoms with Crippen molar-refractivity contribution in [3.63, 3.8) is 0 Å². The van der Waals surface area contributed by atoms with E-state index in [-0.39, 0.29) is 0 Å². The van der Waals surface area contributed by atoms with Crippen LogP contribution >= 0.6 is 0 Å². The van der Waals surface area contributed by atoms with Gasteiger partial charge in [0, 0.05) is 21.8 Å². The molecule has 0 radical (unpaired) electrons. The Hall–Kier alpha value is -2.54. The van der Waals surface area contributed by atoms with Crippen LogP contribution in [-0.2, 0) is 0 Å². The van der Waals surface area contributed by atoms with Crippen molar-refractivity contribution in [2.45, 2.75) is 0 Å². The first-order chi connectivity index (χ1) is 9.38. The number of aromatic nitrogens is 1. The minimum absolute atomic E-state index is 1.17. The summed E-state index contributed by atoms with van der Waals surface area (Å²) in [6, 6.07) is 19.1. The molecule has 0 saturated heterocycles. The lowest BCUT2D eigenvalue weighted by Gasteiger charge is -2.01. The molecule has 0 aliphatic rings. The van der Waals surface area contributed by atoms with Crippen molar-refractivity contribution in [3.8, 4) is 0 Å². The third kappa shape index (κ3) is 1.36. The topological polar surface area (TPSA) is 15.8 Å². The number of nitrogens with one attached hydrogen (secondary N) is 1. The molecular formula is C18H13N. The van der Waals surface area contributed by atoms with Crippen LogP contribution in [0.25, 0.3) is 38.7 Å². The van der Waals surface area contributed by atoms with E-state index in [1.54, 1.807) is 0 Å². The van der Waals surface area contributed by atoms with E-state index in [9.17, 15) is 0 Å². The zero-order valence-corrected chi connectivity index (χ0v) is 10.5. The summed E-state index contributed by atoms with van der Waals surface area (Å²) in [6.07, 6.45) is 1.93. The molecule has 1 aromatic heterocycles. The van der Waals surface area contributed by atoms with Crippen LogP contribution in [0.5, 0.6) is 0 Å². The second-order valence-electron chi connectivity index (χ2n) is 4.81. The van der Waals surface area contributed by atoms with Crippen LogP contribution in [0.15, 0.2) is 61.2 Å². The average Bonchev–Trinajstić information content (AvgIpc) is 2.86. The monoisotopic (exact) mass is 243 g/mol. The number of benzene rings is 3. The van der Waals surface area contributed by atoms with Crippen LogP contribution in [0, 0.1) is 0 Å². The van der Waals surface area contributed by atoms with Gasteiger partial charge in [0.15, 0.2) is 0 Å². The van der Waals surface area contributed by atoms with E-state index in [2.05, 4.69) is 66.2 Å². The second kappa shape index (κ2) is 3.72. The normalized spacial score (nSPS) is 11.4. The van der Waals surface area contributed by atoms with E-state index in [1.165, 1.54) is 38.1 Å². The van der Waals surface area contributed by atoms with Crippen LogP contribution < -0.4 is 0 Å². The van der Waals surface area contributed by atoms with Crippen LogP contribution in [0.3, 0.4) is 0 Å². The molecule has 1 heterocycles. The maximum atomic E-state index is 3.93. The third-order valence-corrected chi connectivity index (χ3v) is 3.76. The highest BCUT2D eigenvalue weighted by atomic mass is 14.7. The van der Waals surface area contributed by atoms with E-state index >= 15 is 0 Å². The van der Waals surface area contributed by atoms with Gasteiger partial charge in [-0.15, -0.1) is 0 Å². The Morgan fingerprint density at radius 3 is 2.53 bits per heavy atom. The standard InChI is InChI=1S/C18H13N/c1-2-12-7-5-9-15-17(12)18-14-8-4-3-6-13(14)10-11-16(18)19-15/h2-11,19H,1H2. The zero-order valence-electron chi connectivity index (χ0n) is 10.5. The molecule has 0 unspecified atom stereocenters. The van der Waals surface area contributed by atoms with Gasteiger partial charge in [-0.3, -0.25) is 0 Å². The van der Waals surface area contributed by atoms with Gasteiger partial charge in [0.1, 0.15) is 0 Å². The first-order valence-electron chi connectivity index (χ1n) is 6.43. The average molecular weight is 243 g/mol. The fourth-order valence-corrected chi connectivity index (χ4v) is 2.91. The second-order valence-corrected chi connectivity index (χ2v) is 4.81. The van der Waals surface area contributed by atoms with Crippen molar-refractivity contribution in [1.29, 1.82) is 0 Å². The summed E-state index contributed by atoms with van der Waals surface area (Å²) < 4.78 is 0. The molecule has 0 spiro atoms. The predicted molar refractivity (Wildman–Crippen MR) is 83.4 cm³/mol. The molecule has 1 N–H and O–H groups in total. The number of fused-ring (bicyclic) bond motifs is 5. The van der Waals surface area contributed by atoms with E-state index < -0.39 is 0 Å². The highest BCUT2D eigenvalue weighted by Crippen LogP contribution is 2.34. The summed E-state index contributed by atoms with van der Waals surface area (Å²) in [5.41, 5.74) is 3.53. The molecule has 3 aromatic carbocycles. The number of H-pyrrole nitrogens is 1. The molecule has 4 aromatic rings. The van der Waals surface area contributed by atoms with Crippen LogP contribution in [-0.4, -0.2) is 4.98 Å². The summed E-state index contributed by atoms with van der Waals surface area (Å²) >= 11 is 0. The lowest BCUT2D eigenvalue weighted by molar-refractivity contribution is 1.55. The summed E-state index contributed by atoms with van der Waals surface area (Å²) in [5.74, 6) is 0. The van der Waals surface area contributed by atoms with E-state index in [0.29, 0.717) is 0 Å². The quantitative estimate of drug-likeness (QED) is 0.477. The van der Waals surface area contributed by atoms with Gasteiger partial charge in [-0.1, -0.05) is 55.1 Å². The van der Waals surface area contributed by atoms with E-state index in [0.717, 1.165) is 0 Å². The molecule has 0 saturated carbocycles. The molecule has 1 heteroatoms. The minimum Gasteiger partial charge on any atom is -0.354 e. The highest BCUT2D eigenvalue weighted by Gasteiger charge is 2.09. The molecule has 19 heavy (non-hydrogen) atoms. The van der Waals surface area contributed by atoms with Gasteiger partial charge < -0.3 is 4.98 Å². The summed E-state index contributed by atoms with van der Waals surface area (Å²) in [4.78, 5) is 3.50. The smallest absolute Gasteiger partial charge is 0.0471 e. The lowest BCUT2D eigenvalue weighted by atomic mass is 10.0. The highest BCUT2D eigenvalue weighted by molar-refractivity contribution is 6.22. The molecule has 0 bridgehead atoms. The number of hydrogen-bond donors (Lipinski definition) is 1. The van der Waals surface area contributed by atoms with Crippen molar-refractivity contribution < 1.29 is 0 Å². The summed E-state index contributed by atoms with van der Waals surface area (Å²) in [5, 5.41) is 5.13. The molecule has 4 rings (SSSR count). The van der Waals surface area contributed by atoms with E-state index in [1.807, 2.05) is 6.08 Å². The van der Waals surface area contributed by atoms with Gasteiger partial charge in [-0.2, -0.15) is 0 Å². The maximum absolute atomic E-state index is 3.93. The Balaban J connectivity index is 2.38. The van der Waals surface area contributed by atoms with Gasteiger partial charge in [0.05, 0.1) is 0 Å². The maximum Gasteiger partial charge on any atom is 0.0471 e. The first-order valence-corrected chi connectivity index (χ1v) is 6.43. The Kier molecular flexibility index (Phi) is 2.04. The Labute approximate surface area is 111 Å². The molecule has 0 aliphatic carbocycles. The molecule has 1 nitrogen and oxygen atoms in total. The largest absolute Gasteiger partial charge is 0.354 e. The number of aromatic amines is 1. The Morgan fingerprint density at radius 2 is 1.63 bits per heavy atom. The van der Waals surface area contributed by atoms with Gasteiger partial charge >= 0.3 is 0 Å². The summed E-state index contributed by atoms with van der Waals surface area (Å²) in [6.45, 7) is 3.93. The van der Waals surface area contributed by atoms with Gasteiger partial charge in [-0.25, -0.2) is 0 Å². The van der Waals surface area contributed by atoms with Crippen molar-refractivity contribution >= 4 is 38.7 Å². The predicted octanol–water partition coefficient (Wildman–Crippen LogP) is 5.12. The van der Waals surface area contributed by atoms with Crippen molar-refractivity contribution in [2.24, 2.45) is 0 Å². The van der Waals surface area contributed by atoms with Gasteiger partial charge in [-0.05, 0) is 28.5 Å². The first kappa shape index (κ1) is 10.4. The molecular weight excluding hydrogens is 230 g/mol. The van der Waals surface area contributed by atoms with E-state index in [4.69, 9.17) is 0 Å². The van der Waals surface area contributed by atoms with Gasteiger partial charge in [0.25, 0.3) is 0 Å². The third-order valence-electron chi connectivity index (χ3n) is 3.76. The zero-order chi connectivity index (χ0) is 12.8. The van der Waals surface area contributed by atoms with Crippen LogP contribution in [0.4, 0.5) is 0 Å². The molecule has 0 fully saturated rings. The number of hydrogen-bond acceptors (Lipinski definition) is 0. The lowest BCUT2D eigenvalue weighted by Crippen LogP contribution is -1.76. The molecule has 0 amide bonds. The summed E-state index contributed by atoms with van der Waals surface area (Å²) in [7, 11) is 0. The molecule has 0 atom stereocenters. The Morgan fingerprint density at radius 1 is 0.789 bits per heavy atom. The van der Waals surface area contributed by atoms with Crippen LogP contribution in [0.1, 0.15) is 5.56 Å². The van der Waals surface area contributed by atoms with Crippen molar-refractivity contribution in [1.82, 2.24) is 4.98 Å². The number of rotatable bonds is 1. The molecule has 0 aliphatic heterocycles. The van der Waals surface area contributed by atoms with Crippen LogP contribution in [0.2, 0.25) is 0 Å².